The van der Waals surface area contributed by atoms with Crippen LogP contribution in [0.15, 0.2) is 36.4 Å². The highest BCUT2D eigenvalue weighted by molar-refractivity contribution is 6.31. The first kappa shape index (κ1) is 17.0. The molecule has 0 aromatic heterocycles. The minimum Gasteiger partial charge on any atom is -0.326 e. The fraction of sp³-hybridized carbons (Fsp3) is 0.222. The number of nitrogens with two attached hydrogens (primary N) is 1. The Hall–Kier alpha value is -1.35. The number of halogens is 3. The van der Waals surface area contributed by atoms with Crippen LogP contribution in [0, 0.1) is 12.7 Å². The zero-order valence-corrected chi connectivity index (χ0v) is 14.0. The summed E-state index contributed by atoms with van der Waals surface area (Å²) in [7, 11) is 0. The lowest BCUT2D eigenvalue weighted by Gasteiger charge is -2.10. The molecule has 0 saturated heterocycles. The van der Waals surface area contributed by atoms with Crippen LogP contribution in [-0.2, 0) is 6.54 Å². The van der Waals surface area contributed by atoms with E-state index in [9.17, 15) is 4.39 Å². The summed E-state index contributed by atoms with van der Waals surface area (Å²) in [4.78, 5) is 0. The lowest BCUT2D eigenvalue weighted by molar-refractivity contribution is 0.617. The topological polar surface area (TPSA) is 26.0 Å². The number of aryl methyl sites for hydroxylation is 1. The van der Waals surface area contributed by atoms with Crippen LogP contribution in [0.3, 0.4) is 0 Å². The van der Waals surface area contributed by atoms with Gasteiger partial charge in [-0.3, -0.25) is 0 Å². The maximum absolute atomic E-state index is 13.6. The molecule has 4 heteroatoms. The molecule has 0 amide bonds. The van der Waals surface area contributed by atoms with Crippen LogP contribution in [0.4, 0.5) is 4.39 Å². The van der Waals surface area contributed by atoms with Crippen LogP contribution < -0.4 is 5.73 Å². The van der Waals surface area contributed by atoms with Crippen LogP contribution in [-0.4, -0.2) is 0 Å². The molecule has 116 valence electrons. The first-order chi connectivity index (χ1) is 10.4. The average molecular weight is 338 g/mol. The summed E-state index contributed by atoms with van der Waals surface area (Å²) < 4.78 is 13.6. The van der Waals surface area contributed by atoms with E-state index in [0.29, 0.717) is 17.1 Å². The Labute approximate surface area is 140 Å². The third-order valence-electron chi connectivity index (χ3n) is 3.63. The molecule has 0 bridgehead atoms. The van der Waals surface area contributed by atoms with Gasteiger partial charge in [-0.15, -0.1) is 0 Å². The molecule has 2 N–H and O–H groups in total. The van der Waals surface area contributed by atoms with Crippen LogP contribution in [0.2, 0.25) is 10.0 Å². The summed E-state index contributed by atoms with van der Waals surface area (Å²) >= 11 is 12.1. The molecule has 0 spiro atoms. The van der Waals surface area contributed by atoms with Crippen molar-refractivity contribution in [2.45, 2.75) is 26.3 Å². The Morgan fingerprint density at radius 1 is 1.18 bits per heavy atom. The van der Waals surface area contributed by atoms with Crippen LogP contribution in [0.5, 0.6) is 0 Å². The van der Waals surface area contributed by atoms with Gasteiger partial charge in [-0.25, -0.2) is 4.39 Å². The monoisotopic (exact) mass is 337 g/mol. The molecule has 0 fully saturated rings. The highest BCUT2D eigenvalue weighted by Gasteiger charge is 2.09. The van der Waals surface area contributed by atoms with Gasteiger partial charge in [0.2, 0.25) is 0 Å². The van der Waals surface area contributed by atoms with E-state index in [-0.39, 0.29) is 16.8 Å². The first-order valence-corrected chi connectivity index (χ1v) is 7.80. The number of hydrogen-bond acceptors (Lipinski definition) is 1. The van der Waals surface area contributed by atoms with Gasteiger partial charge in [0.25, 0.3) is 0 Å². The Morgan fingerprint density at radius 3 is 2.50 bits per heavy atom. The van der Waals surface area contributed by atoms with Gasteiger partial charge in [0.1, 0.15) is 5.82 Å². The van der Waals surface area contributed by atoms with Gasteiger partial charge in [0, 0.05) is 11.6 Å². The number of rotatable bonds is 4. The van der Waals surface area contributed by atoms with Crippen molar-refractivity contribution in [3.8, 4) is 0 Å². The predicted molar refractivity (Wildman–Crippen MR) is 92.9 cm³/mol. The molecule has 0 aliphatic carbocycles. The van der Waals surface area contributed by atoms with E-state index in [2.05, 4.69) is 0 Å². The Morgan fingerprint density at radius 2 is 1.91 bits per heavy atom. The Kier molecular flexibility index (Phi) is 5.63. The molecule has 0 aliphatic rings. The second-order valence-corrected chi connectivity index (χ2v) is 6.15. The van der Waals surface area contributed by atoms with E-state index in [1.54, 1.807) is 13.0 Å². The third kappa shape index (κ3) is 3.89. The van der Waals surface area contributed by atoms with Crippen molar-refractivity contribution < 1.29 is 4.39 Å². The number of hydrogen-bond donors (Lipinski definition) is 1. The second kappa shape index (κ2) is 7.28. The lowest BCUT2D eigenvalue weighted by atomic mass is 9.97. The van der Waals surface area contributed by atoms with Crippen molar-refractivity contribution in [3.63, 3.8) is 0 Å². The zero-order valence-electron chi connectivity index (χ0n) is 12.5. The van der Waals surface area contributed by atoms with E-state index in [0.717, 1.165) is 16.7 Å². The normalized spacial score (nSPS) is 12.8. The van der Waals surface area contributed by atoms with Crippen molar-refractivity contribution in [1.82, 2.24) is 0 Å². The van der Waals surface area contributed by atoms with Crippen molar-refractivity contribution in [3.05, 3.63) is 74.5 Å². The maximum Gasteiger partial charge on any atom is 0.144 e. The van der Waals surface area contributed by atoms with Crippen LogP contribution in [0.25, 0.3) is 6.08 Å². The van der Waals surface area contributed by atoms with Gasteiger partial charge >= 0.3 is 0 Å². The third-order valence-corrected chi connectivity index (χ3v) is 4.26. The lowest BCUT2D eigenvalue weighted by Crippen LogP contribution is -1.97. The summed E-state index contributed by atoms with van der Waals surface area (Å²) in [6.45, 7) is 4.18. The SMILES string of the molecule is Cc1cc(C(C)/C=C/c2ccc(CN)c(Cl)c2)cc(Cl)c1F. The minimum absolute atomic E-state index is 0.116. The standard InChI is InChI=1S/C18H18Cl2FN/c1-11(15-7-12(2)18(21)17(20)9-15)3-4-13-5-6-14(10-22)16(19)8-13/h3-9,11H,10,22H2,1-2H3/b4-3+. The molecule has 2 rings (SSSR count). The molecular formula is C18H18Cl2FN. The van der Waals surface area contributed by atoms with Crippen LogP contribution in [0.1, 0.15) is 35.1 Å². The van der Waals surface area contributed by atoms with Gasteiger partial charge in [-0.1, -0.05) is 60.5 Å². The Balaban J connectivity index is 2.21. The molecule has 1 atom stereocenters. The first-order valence-electron chi connectivity index (χ1n) is 7.04. The molecule has 2 aromatic carbocycles. The smallest absolute Gasteiger partial charge is 0.144 e. The van der Waals surface area contributed by atoms with E-state index in [1.807, 2.05) is 43.3 Å². The summed E-state index contributed by atoms with van der Waals surface area (Å²) in [5.41, 5.74) is 9.05. The molecule has 0 radical (unpaired) electrons. The summed E-state index contributed by atoms with van der Waals surface area (Å²) in [5, 5.41) is 0.823. The fourth-order valence-electron chi connectivity index (χ4n) is 2.22. The van der Waals surface area contributed by atoms with E-state index in [1.165, 1.54) is 0 Å². The van der Waals surface area contributed by atoms with E-state index < -0.39 is 0 Å². The summed E-state index contributed by atoms with van der Waals surface area (Å²) in [6.07, 6.45) is 4.03. The molecule has 0 heterocycles. The molecule has 2 aromatic rings. The molecule has 1 unspecified atom stereocenters. The highest BCUT2D eigenvalue weighted by atomic mass is 35.5. The molecule has 0 aliphatic heterocycles. The molecule has 0 saturated carbocycles. The summed E-state index contributed by atoms with van der Waals surface area (Å²) in [6, 6.07) is 9.27. The van der Waals surface area contributed by atoms with E-state index in [4.69, 9.17) is 28.9 Å². The number of benzene rings is 2. The fourth-order valence-corrected chi connectivity index (χ4v) is 2.76. The van der Waals surface area contributed by atoms with Crippen molar-refractivity contribution >= 4 is 29.3 Å². The number of allylic oxidation sites excluding steroid dienone is 1. The van der Waals surface area contributed by atoms with Crippen molar-refractivity contribution in [2.24, 2.45) is 5.73 Å². The van der Waals surface area contributed by atoms with Gasteiger partial charge in [0.05, 0.1) is 5.02 Å². The van der Waals surface area contributed by atoms with Crippen molar-refractivity contribution in [1.29, 1.82) is 0 Å². The zero-order chi connectivity index (χ0) is 16.3. The maximum atomic E-state index is 13.6. The largest absolute Gasteiger partial charge is 0.326 e. The quantitative estimate of drug-likeness (QED) is 0.758. The van der Waals surface area contributed by atoms with Crippen molar-refractivity contribution in [2.75, 3.05) is 0 Å². The molecule has 22 heavy (non-hydrogen) atoms. The highest BCUT2D eigenvalue weighted by Crippen LogP contribution is 2.27. The molecular weight excluding hydrogens is 320 g/mol. The van der Waals surface area contributed by atoms with Crippen LogP contribution >= 0.6 is 23.2 Å². The van der Waals surface area contributed by atoms with E-state index >= 15 is 0 Å². The predicted octanol–water partition coefficient (Wildman–Crippen LogP) is 5.72. The van der Waals surface area contributed by atoms with Gasteiger partial charge in [-0.2, -0.15) is 0 Å². The van der Waals surface area contributed by atoms with Gasteiger partial charge < -0.3 is 5.73 Å². The Bertz CT molecular complexity index is 687. The summed E-state index contributed by atoms with van der Waals surface area (Å²) in [5.74, 6) is -0.240. The van der Waals surface area contributed by atoms with Gasteiger partial charge in [0.15, 0.2) is 0 Å². The average Bonchev–Trinajstić information content (AvgIpc) is 2.49. The second-order valence-electron chi connectivity index (χ2n) is 5.34. The minimum atomic E-state index is -0.356. The molecule has 1 nitrogen and oxygen atoms in total. The van der Waals surface area contributed by atoms with Gasteiger partial charge in [-0.05, 0) is 47.2 Å².